The molecule has 3 aliphatic heterocycles. The first-order valence-electron chi connectivity index (χ1n) is 17.9. The minimum absolute atomic E-state index is 0.0294. The minimum Gasteiger partial charge on any atom is -0.490 e. The van der Waals surface area contributed by atoms with Gasteiger partial charge in [0.15, 0.2) is 0 Å². The Balaban J connectivity index is 1.07. The third-order valence-electron chi connectivity index (χ3n) is 9.98. The summed E-state index contributed by atoms with van der Waals surface area (Å²) in [6.07, 6.45) is 3.79. The Labute approximate surface area is 306 Å². The van der Waals surface area contributed by atoms with Crippen LogP contribution in [0.1, 0.15) is 93.9 Å². The van der Waals surface area contributed by atoms with Crippen LogP contribution in [-0.2, 0) is 18.8 Å². The highest BCUT2D eigenvalue weighted by atomic mass is 79.9. The number of ether oxygens (including phenoxy) is 4. The summed E-state index contributed by atoms with van der Waals surface area (Å²) in [5.74, 6) is 1.61. The predicted octanol–water partition coefficient (Wildman–Crippen LogP) is 7.75. The molecule has 1 unspecified atom stereocenters. The van der Waals surface area contributed by atoms with Crippen LogP contribution in [0.15, 0.2) is 53.0 Å². The van der Waals surface area contributed by atoms with E-state index in [4.69, 9.17) is 28.3 Å². The summed E-state index contributed by atoms with van der Waals surface area (Å²) < 4.78 is 38.0. The first-order valence-corrected chi connectivity index (χ1v) is 18.7. The maximum atomic E-state index is 13.2. The zero-order valence-electron chi connectivity index (χ0n) is 31.0. The molecule has 12 heteroatoms. The topological polar surface area (TPSA) is 96.0 Å². The Kier molecular flexibility index (Phi) is 11.7. The standard InChI is InChI=1S/C38H54BBrN2O8/c1-35(2,3)47-33(43)41-23-17-31(18-24-41)45-29-13-9-27(10-14-29)39-49-37(6,7)38(8,50-39)22-21-36(4,5)48-34(44)42-25-19-32(20-26-42)46-30-15-11-28(40)12-16-30/h9-16,31-32H,17-26H2,1-8H3. The number of likely N-dealkylation sites (tertiary alicyclic amines) is 2. The van der Waals surface area contributed by atoms with Crippen molar-refractivity contribution in [2.75, 3.05) is 26.2 Å². The lowest BCUT2D eigenvalue weighted by atomic mass is 9.79. The number of amides is 2. The van der Waals surface area contributed by atoms with Crippen LogP contribution in [-0.4, -0.2) is 89.9 Å². The van der Waals surface area contributed by atoms with Gasteiger partial charge in [0.25, 0.3) is 0 Å². The van der Waals surface area contributed by atoms with Crippen LogP contribution >= 0.6 is 15.9 Å². The van der Waals surface area contributed by atoms with Crippen LogP contribution < -0.4 is 14.9 Å². The summed E-state index contributed by atoms with van der Waals surface area (Å²) in [4.78, 5) is 29.1. The first-order chi connectivity index (χ1) is 23.4. The van der Waals surface area contributed by atoms with E-state index in [0.717, 1.165) is 47.1 Å². The second-order valence-electron chi connectivity index (χ2n) is 16.0. The summed E-state index contributed by atoms with van der Waals surface area (Å²) in [6.45, 7) is 18.1. The number of benzene rings is 2. The quantitative estimate of drug-likeness (QED) is 0.240. The van der Waals surface area contributed by atoms with E-state index in [2.05, 4.69) is 22.9 Å². The van der Waals surface area contributed by atoms with Gasteiger partial charge in [-0.3, -0.25) is 0 Å². The van der Waals surface area contributed by atoms with Gasteiger partial charge in [-0.05, 0) is 110 Å². The maximum absolute atomic E-state index is 13.2. The molecule has 0 bridgehead atoms. The third-order valence-corrected chi connectivity index (χ3v) is 10.5. The lowest BCUT2D eigenvalue weighted by Crippen LogP contribution is -2.47. The molecule has 0 N–H and O–H groups in total. The van der Waals surface area contributed by atoms with Crippen molar-refractivity contribution in [3.05, 3.63) is 53.0 Å². The van der Waals surface area contributed by atoms with E-state index in [1.165, 1.54) is 0 Å². The molecule has 3 heterocycles. The molecule has 3 aliphatic rings. The normalized spacial score (nSPS) is 22.0. The average Bonchev–Trinajstić information content (AvgIpc) is 3.29. The molecule has 50 heavy (non-hydrogen) atoms. The number of hydrogen-bond acceptors (Lipinski definition) is 8. The van der Waals surface area contributed by atoms with Gasteiger partial charge in [-0.15, -0.1) is 0 Å². The summed E-state index contributed by atoms with van der Waals surface area (Å²) in [5.41, 5.74) is -1.47. The van der Waals surface area contributed by atoms with Gasteiger partial charge in [0.05, 0.1) is 11.2 Å². The number of carbonyl (C=O) groups excluding carboxylic acids is 2. The zero-order valence-corrected chi connectivity index (χ0v) is 32.5. The van der Waals surface area contributed by atoms with Crippen LogP contribution in [0.2, 0.25) is 0 Å². The SMILES string of the molecule is CC(C)(C)OC(=O)N1CCC(Oc2ccc(B3OC(C)(C)C(C)(CCC(C)(C)OC(=O)N4CCC(Oc5ccc(Br)cc5)CC4)O3)cc2)CC1. The third kappa shape index (κ3) is 10.1. The number of piperidine rings is 2. The molecular formula is C38H54BBrN2O8. The first kappa shape index (κ1) is 38.3. The average molecular weight is 758 g/mol. The fraction of sp³-hybridized carbons (Fsp3) is 0.632. The molecule has 2 amide bonds. The van der Waals surface area contributed by atoms with Crippen molar-refractivity contribution in [2.45, 2.75) is 129 Å². The van der Waals surface area contributed by atoms with Gasteiger partial charge >= 0.3 is 19.3 Å². The largest absolute Gasteiger partial charge is 0.494 e. The molecule has 10 nitrogen and oxygen atoms in total. The van der Waals surface area contributed by atoms with Crippen LogP contribution in [0.4, 0.5) is 9.59 Å². The lowest BCUT2D eigenvalue weighted by molar-refractivity contribution is -0.0455. The summed E-state index contributed by atoms with van der Waals surface area (Å²) in [7, 11) is -0.535. The van der Waals surface area contributed by atoms with Gasteiger partial charge < -0.3 is 38.1 Å². The van der Waals surface area contributed by atoms with Crippen molar-refractivity contribution >= 4 is 40.7 Å². The van der Waals surface area contributed by atoms with Gasteiger partial charge in [0, 0.05) is 56.3 Å². The molecule has 2 aromatic rings. The molecule has 5 rings (SSSR count). The number of carbonyl (C=O) groups is 2. The van der Waals surface area contributed by atoms with E-state index < -0.39 is 29.5 Å². The Morgan fingerprint density at radius 1 is 0.760 bits per heavy atom. The van der Waals surface area contributed by atoms with E-state index in [1.807, 2.05) is 97.0 Å². The van der Waals surface area contributed by atoms with Crippen LogP contribution in [0, 0.1) is 0 Å². The molecule has 3 fully saturated rings. The minimum atomic E-state index is -0.690. The summed E-state index contributed by atoms with van der Waals surface area (Å²) in [6, 6.07) is 15.7. The highest BCUT2D eigenvalue weighted by Gasteiger charge is 2.54. The molecule has 0 aliphatic carbocycles. The van der Waals surface area contributed by atoms with E-state index in [0.29, 0.717) is 39.0 Å². The predicted molar refractivity (Wildman–Crippen MR) is 197 cm³/mol. The molecule has 3 saturated heterocycles. The second kappa shape index (κ2) is 15.3. The highest BCUT2D eigenvalue weighted by molar-refractivity contribution is 9.10. The van der Waals surface area contributed by atoms with Crippen molar-refractivity contribution in [3.8, 4) is 11.5 Å². The van der Waals surface area contributed by atoms with Crippen molar-refractivity contribution in [1.82, 2.24) is 9.80 Å². The smallest absolute Gasteiger partial charge is 0.490 e. The Morgan fingerprint density at radius 3 is 1.70 bits per heavy atom. The highest BCUT2D eigenvalue weighted by Crippen LogP contribution is 2.42. The molecule has 0 radical (unpaired) electrons. The summed E-state index contributed by atoms with van der Waals surface area (Å²) >= 11 is 3.45. The molecule has 2 aromatic carbocycles. The Bertz CT molecular complexity index is 1450. The monoisotopic (exact) mass is 756 g/mol. The van der Waals surface area contributed by atoms with E-state index in [9.17, 15) is 9.59 Å². The van der Waals surface area contributed by atoms with Crippen molar-refractivity contribution < 1.29 is 37.8 Å². The van der Waals surface area contributed by atoms with Gasteiger partial charge in [-0.2, -0.15) is 0 Å². The number of nitrogens with zero attached hydrogens (tertiary/aromatic N) is 2. The van der Waals surface area contributed by atoms with Gasteiger partial charge in [-0.1, -0.05) is 28.1 Å². The van der Waals surface area contributed by atoms with Gasteiger partial charge in [-0.25, -0.2) is 9.59 Å². The van der Waals surface area contributed by atoms with Crippen molar-refractivity contribution in [2.24, 2.45) is 0 Å². The Hall–Kier alpha value is -2.96. The van der Waals surface area contributed by atoms with E-state index in [1.54, 1.807) is 9.80 Å². The molecule has 274 valence electrons. The van der Waals surface area contributed by atoms with E-state index in [-0.39, 0.29) is 24.4 Å². The van der Waals surface area contributed by atoms with Crippen molar-refractivity contribution in [3.63, 3.8) is 0 Å². The molecular weight excluding hydrogens is 703 g/mol. The number of hydrogen-bond donors (Lipinski definition) is 0. The van der Waals surface area contributed by atoms with Crippen LogP contribution in [0.25, 0.3) is 0 Å². The molecule has 1 atom stereocenters. The lowest BCUT2D eigenvalue weighted by Gasteiger charge is -2.39. The molecule has 0 saturated carbocycles. The van der Waals surface area contributed by atoms with Crippen molar-refractivity contribution in [1.29, 1.82) is 0 Å². The second-order valence-corrected chi connectivity index (χ2v) is 17.0. The molecule has 0 spiro atoms. The van der Waals surface area contributed by atoms with E-state index >= 15 is 0 Å². The van der Waals surface area contributed by atoms with Crippen LogP contribution in [0.5, 0.6) is 11.5 Å². The van der Waals surface area contributed by atoms with Gasteiger partial charge in [0.1, 0.15) is 34.9 Å². The fourth-order valence-electron chi connectivity index (χ4n) is 6.42. The fourth-order valence-corrected chi connectivity index (χ4v) is 6.69. The zero-order chi connectivity index (χ0) is 36.3. The van der Waals surface area contributed by atoms with Gasteiger partial charge in [0.2, 0.25) is 0 Å². The summed E-state index contributed by atoms with van der Waals surface area (Å²) in [5, 5.41) is 0. The number of rotatable bonds is 9. The van der Waals surface area contributed by atoms with Crippen LogP contribution in [0.3, 0.4) is 0 Å². The molecule has 0 aromatic heterocycles. The Morgan fingerprint density at radius 2 is 1.22 bits per heavy atom. The number of halogens is 1. The maximum Gasteiger partial charge on any atom is 0.494 e.